The van der Waals surface area contributed by atoms with Gasteiger partial charge in [-0.25, -0.2) is 9.97 Å². The van der Waals surface area contributed by atoms with Crippen molar-refractivity contribution in [3.05, 3.63) is 72.6 Å². The van der Waals surface area contributed by atoms with E-state index in [4.69, 9.17) is 4.98 Å². The summed E-state index contributed by atoms with van der Waals surface area (Å²) in [5, 5.41) is 7.16. The minimum atomic E-state index is 0.00193. The third-order valence-electron chi connectivity index (χ3n) is 4.71. The van der Waals surface area contributed by atoms with Crippen molar-refractivity contribution in [2.24, 2.45) is 0 Å². The predicted molar refractivity (Wildman–Crippen MR) is 116 cm³/mol. The number of aryl methyl sites for hydroxylation is 1. The Balaban J connectivity index is 1.66. The summed E-state index contributed by atoms with van der Waals surface area (Å²) in [6.45, 7) is 4.89. The lowest BCUT2D eigenvalue weighted by molar-refractivity contribution is -0.121. The second-order valence-corrected chi connectivity index (χ2v) is 6.90. The first-order valence-electron chi connectivity index (χ1n) is 9.65. The lowest BCUT2D eigenvalue weighted by Gasteiger charge is -2.09. The van der Waals surface area contributed by atoms with Crippen LogP contribution in [0.1, 0.15) is 12.5 Å². The van der Waals surface area contributed by atoms with Crippen LogP contribution in [-0.4, -0.2) is 27.0 Å². The van der Waals surface area contributed by atoms with Crippen LogP contribution in [0.3, 0.4) is 0 Å². The van der Waals surface area contributed by atoms with E-state index in [9.17, 15) is 4.79 Å². The Bertz CT molecular complexity index is 1160. The zero-order chi connectivity index (χ0) is 20.2. The smallest absolute Gasteiger partial charge is 0.239 e. The summed E-state index contributed by atoms with van der Waals surface area (Å²) in [6, 6.07) is 18.1. The number of benzene rings is 2. The third kappa shape index (κ3) is 4.11. The lowest BCUT2D eigenvalue weighted by Crippen LogP contribution is -2.26. The van der Waals surface area contributed by atoms with E-state index < -0.39 is 0 Å². The molecule has 29 heavy (non-hydrogen) atoms. The summed E-state index contributed by atoms with van der Waals surface area (Å²) >= 11 is 0. The highest BCUT2D eigenvalue weighted by atomic mass is 16.1. The molecule has 0 saturated heterocycles. The van der Waals surface area contributed by atoms with Gasteiger partial charge in [-0.3, -0.25) is 4.79 Å². The highest BCUT2D eigenvalue weighted by Crippen LogP contribution is 2.29. The van der Waals surface area contributed by atoms with Crippen LogP contribution in [0.4, 0.5) is 11.6 Å². The van der Waals surface area contributed by atoms with E-state index >= 15 is 0 Å². The maximum absolute atomic E-state index is 12.0. The molecule has 1 amide bonds. The van der Waals surface area contributed by atoms with Gasteiger partial charge in [0.2, 0.25) is 11.9 Å². The lowest BCUT2D eigenvalue weighted by atomic mass is 10.1. The first kappa shape index (κ1) is 18.7. The Morgan fingerprint density at radius 2 is 1.97 bits per heavy atom. The molecule has 2 aromatic carbocycles. The van der Waals surface area contributed by atoms with Crippen molar-refractivity contribution in [2.75, 3.05) is 11.9 Å². The third-order valence-corrected chi connectivity index (χ3v) is 4.71. The minimum absolute atomic E-state index is 0.00193. The fourth-order valence-corrected chi connectivity index (χ4v) is 3.41. The second kappa shape index (κ2) is 8.14. The minimum Gasteiger partial charge on any atom is -0.355 e. The van der Waals surface area contributed by atoms with E-state index in [2.05, 4.69) is 34.7 Å². The number of fused-ring (bicyclic) bond motifs is 1. The molecule has 0 spiro atoms. The van der Waals surface area contributed by atoms with Crippen LogP contribution >= 0.6 is 0 Å². The molecule has 0 aliphatic rings. The van der Waals surface area contributed by atoms with Crippen molar-refractivity contribution in [3.63, 3.8) is 0 Å². The van der Waals surface area contributed by atoms with Crippen molar-refractivity contribution in [1.29, 1.82) is 0 Å². The molecule has 4 aromatic rings. The second-order valence-electron chi connectivity index (χ2n) is 6.90. The molecule has 0 fully saturated rings. The summed E-state index contributed by atoms with van der Waals surface area (Å²) in [5.41, 5.74) is 4.96. The van der Waals surface area contributed by atoms with Gasteiger partial charge in [-0.1, -0.05) is 24.3 Å². The fraction of sp³-hybridized carbons (Fsp3) is 0.174. The Kier molecular flexibility index (Phi) is 5.24. The van der Waals surface area contributed by atoms with Crippen molar-refractivity contribution in [3.8, 4) is 11.3 Å². The highest BCUT2D eigenvalue weighted by molar-refractivity contribution is 5.95. The number of nitrogens with one attached hydrogen (secondary N) is 2. The summed E-state index contributed by atoms with van der Waals surface area (Å²) in [7, 11) is 0. The van der Waals surface area contributed by atoms with Gasteiger partial charge in [-0.15, -0.1) is 0 Å². The van der Waals surface area contributed by atoms with Crippen LogP contribution < -0.4 is 10.6 Å². The van der Waals surface area contributed by atoms with Gasteiger partial charge in [-0.2, -0.15) is 0 Å². The average Bonchev–Trinajstić information content (AvgIpc) is 3.11. The molecule has 6 nitrogen and oxygen atoms in total. The number of hydrogen-bond acceptors (Lipinski definition) is 4. The molecule has 2 aromatic heterocycles. The summed E-state index contributed by atoms with van der Waals surface area (Å²) in [5.74, 6) is 0.550. The number of carbonyl (C=O) groups is 1. The van der Waals surface area contributed by atoms with Gasteiger partial charge in [0.15, 0.2) is 0 Å². The zero-order valence-corrected chi connectivity index (χ0v) is 16.5. The molecule has 0 aliphatic heterocycles. The molecule has 2 heterocycles. The Labute approximate surface area is 169 Å². The summed E-state index contributed by atoms with van der Waals surface area (Å²) in [4.78, 5) is 21.1. The quantitative estimate of drug-likeness (QED) is 0.519. The first-order valence-corrected chi connectivity index (χ1v) is 9.65. The molecule has 0 saturated carbocycles. The van der Waals surface area contributed by atoms with Gasteiger partial charge in [0.05, 0.1) is 5.69 Å². The van der Waals surface area contributed by atoms with Crippen LogP contribution in [0, 0.1) is 6.92 Å². The molecule has 4 rings (SSSR count). The van der Waals surface area contributed by atoms with Crippen molar-refractivity contribution < 1.29 is 4.79 Å². The number of amides is 1. The van der Waals surface area contributed by atoms with Crippen LogP contribution in [0.2, 0.25) is 0 Å². The molecule has 0 radical (unpaired) electrons. The molecule has 0 aliphatic carbocycles. The molecular formula is C23H23N5O. The van der Waals surface area contributed by atoms with Crippen LogP contribution in [0.15, 0.2) is 67.0 Å². The SMILES string of the molecule is CCNC(=O)Cn1ccc2c(-c3ccnc(Nc4cccc(C)c4)n3)cccc21. The van der Waals surface area contributed by atoms with Gasteiger partial charge in [0.1, 0.15) is 6.54 Å². The molecule has 2 N–H and O–H groups in total. The van der Waals surface area contributed by atoms with E-state index in [1.807, 2.05) is 60.2 Å². The monoisotopic (exact) mass is 385 g/mol. The molecule has 0 bridgehead atoms. The maximum atomic E-state index is 12.0. The molecule has 0 atom stereocenters. The number of carbonyl (C=O) groups excluding carboxylic acids is 1. The van der Waals surface area contributed by atoms with Crippen LogP contribution in [-0.2, 0) is 11.3 Å². The number of hydrogen-bond donors (Lipinski definition) is 2. The van der Waals surface area contributed by atoms with Gasteiger partial charge in [0, 0.05) is 41.1 Å². The number of aromatic nitrogens is 3. The molecule has 6 heteroatoms. The topological polar surface area (TPSA) is 71.8 Å². The largest absolute Gasteiger partial charge is 0.355 e. The predicted octanol–water partition coefficient (Wildman–Crippen LogP) is 4.29. The van der Waals surface area contributed by atoms with E-state index in [1.54, 1.807) is 6.20 Å². The van der Waals surface area contributed by atoms with Crippen LogP contribution in [0.25, 0.3) is 22.2 Å². The van der Waals surface area contributed by atoms with Crippen molar-refractivity contribution >= 4 is 28.4 Å². The van der Waals surface area contributed by atoms with E-state index in [0.29, 0.717) is 19.0 Å². The Hall–Kier alpha value is -3.67. The summed E-state index contributed by atoms with van der Waals surface area (Å²) < 4.78 is 1.96. The number of nitrogens with zero attached hydrogens (tertiary/aromatic N) is 3. The average molecular weight is 385 g/mol. The van der Waals surface area contributed by atoms with Gasteiger partial charge < -0.3 is 15.2 Å². The van der Waals surface area contributed by atoms with Gasteiger partial charge in [-0.05, 0) is 49.7 Å². The van der Waals surface area contributed by atoms with Gasteiger partial charge in [0.25, 0.3) is 0 Å². The molecular weight excluding hydrogens is 362 g/mol. The van der Waals surface area contributed by atoms with E-state index in [-0.39, 0.29) is 5.91 Å². The Morgan fingerprint density at radius 1 is 1.10 bits per heavy atom. The van der Waals surface area contributed by atoms with Crippen molar-refractivity contribution in [2.45, 2.75) is 20.4 Å². The number of anilines is 2. The molecule has 0 unspecified atom stereocenters. The maximum Gasteiger partial charge on any atom is 0.239 e. The van der Waals surface area contributed by atoms with Crippen molar-refractivity contribution in [1.82, 2.24) is 19.9 Å². The first-order chi connectivity index (χ1) is 14.1. The fourth-order valence-electron chi connectivity index (χ4n) is 3.41. The number of rotatable bonds is 6. The highest BCUT2D eigenvalue weighted by Gasteiger charge is 2.11. The molecule has 146 valence electrons. The van der Waals surface area contributed by atoms with Gasteiger partial charge >= 0.3 is 0 Å². The number of likely N-dealkylation sites (N-methyl/N-ethyl adjacent to an activating group) is 1. The normalized spacial score (nSPS) is 10.8. The zero-order valence-electron chi connectivity index (χ0n) is 16.5. The van der Waals surface area contributed by atoms with E-state index in [1.165, 1.54) is 5.56 Å². The summed E-state index contributed by atoms with van der Waals surface area (Å²) in [6.07, 6.45) is 3.70. The standard InChI is InChI=1S/C23H23N5O/c1-3-24-22(29)15-28-13-11-19-18(8-5-9-21(19)28)20-10-12-25-23(27-20)26-17-7-4-6-16(2)14-17/h4-14H,3,15H2,1-2H3,(H,24,29)(H,25,26,27). The van der Waals surface area contributed by atoms with Crippen LogP contribution in [0.5, 0.6) is 0 Å². The van der Waals surface area contributed by atoms with E-state index in [0.717, 1.165) is 27.8 Å². The Morgan fingerprint density at radius 3 is 2.79 bits per heavy atom.